The highest BCUT2D eigenvalue weighted by atomic mass is 16.5. The zero-order chi connectivity index (χ0) is 22.3. The predicted octanol–water partition coefficient (Wildman–Crippen LogP) is 3.97. The number of carbonyl (C=O) groups excluding carboxylic acids is 3. The molecule has 1 amide bonds. The summed E-state index contributed by atoms with van der Waals surface area (Å²) < 4.78 is 7.47. The lowest BCUT2D eigenvalue weighted by molar-refractivity contribution is -0.134. The molecule has 0 radical (unpaired) electrons. The van der Waals surface area contributed by atoms with E-state index in [-0.39, 0.29) is 36.9 Å². The second-order valence-electron chi connectivity index (χ2n) is 8.43. The monoisotopic (exact) mass is 421 g/mol. The standard InChI is InChI=1S/C24H27N3O4/c1-14-5-6-15(2)21(11-14)27-23(29)10-9-20(25-27)24(30)31-13-22(28)19-12-16(3)26(17(19)4)18-7-8-18/h5-6,11-12,18H,7-10,13H2,1-4H3. The first-order valence-electron chi connectivity index (χ1n) is 10.6. The molecule has 1 aliphatic heterocycles. The number of esters is 1. The molecule has 0 bridgehead atoms. The van der Waals surface area contributed by atoms with Gasteiger partial charge in [-0.3, -0.25) is 9.59 Å². The van der Waals surface area contributed by atoms with Gasteiger partial charge in [0.05, 0.1) is 5.69 Å². The lowest BCUT2D eigenvalue weighted by Gasteiger charge is -2.24. The Morgan fingerprint density at radius 3 is 2.55 bits per heavy atom. The third-order valence-electron chi connectivity index (χ3n) is 5.89. The maximum Gasteiger partial charge on any atom is 0.354 e. The van der Waals surface area contributed by atoms with Crippen LogP contribution in [0.1, 0.15) is 64.6 Å². The van der Waals surface area contributed by atoms with Crippen molar-refractivity contribution < 1.29 is 19.1 Å². The van der Waals surface area contributed by atoms with E-state index < -0.39 is 5.97 Å². The minimum atomic E-state index is -0.660. The number of aryl methyl sites for hydroxylation is 3. The molecule has 7 heteroatoms. The SMILES string of the molecule is Cc1ccc(C)c(N2N=C(C(=O)OCC(=O)c3cc(C)n(C4CC4)c3C)CCC2=O)c1. The summed E-state index contributed by atoms with van der Waals surface area (Å²) in [7, 11) is 0. The van der Waals surface area contributed by atoms with Crippen LogP contribution in [0.15, 0.2) is 29.4 Å². The molecule has 0 N–H and O–H groups in total. The number of Topliss-reactive ketones (excluding diaryl/α,β-unsaturated/α-hetero) is 1. The first kappa shape index (κ1) is 21.0. The van der Waals surface area contributed by atoms with Gasteiger partial charge in [-0.25, -0.2) is 4.79 Å². The molecule has 31 heavy (non-hydrogen) atoms. The number of hydrogen-bond acceptors (Lipinski definition) is 5. The van der Waals surface area contributed by atoms with Crippen LogP contribution in [0.2, 0.25) is 0 Å². The van der Waals surface area contributed by atoms with Gasteiger partial charge in [-0.15, -0.1) is 0 Å². The lowest BCUT2D eigenvalue weighted by Crippen LogP contribution is -2.35. The highest BCUT2D eigenvalue weighted by Crippen LogP contribution is 2.38. The average molecular weight is 421 g/mol. The van der Waals surface area contributed by atoms with E-state index >= 15 is 0 Å². The summed E-state index contributed by atoms with van der Waals surface area (Å²) in [5.41, 5.74) is 5.24. The van der Waals surface area contributed by atoms with Crippen molar-refractivity contribution in [2.75, 3.05) is 11.6 Å². The summed E-state index contributed by atoms with van der Waals surface area (Å²) in [5, 5.41) is 5.53. The molecule has 1 aliphatic carbocycles. The van der Waals surface area contributed by atoms with E-state index in [1.807, 2.05) is 52.0 Å². The zero-order valence-electron chi connectivity index (χ0n) is 18.4. The zero-order valence-corrected chi connectivity index (χ0v) is 18.4. The summed E-state index contributed by atoms with van der Waals surface area (Å²) >= 11 is 0. The van der Waals surface area contributed by atoms with Crippen LogP contribution in [-0.4, -0.2) is 34.5 Å². The number of hydrogen-bond donors (Lipinski definition) is 0. The fraction of sp³-hybridized carbons (Fsp3) is 0.417. The van der Waals surface area contributed by atoms with E-state index in [9.17, 15) is 14.4 Å². The quantitative estimate of drug-likeness (QED) is 0.522. The molecular weight excluding hydrogens is 394 g/mol. The summed E-state index contributed by atoms with van der Waals surface area (Å²) in [5.74, 6) is -1.06. The molecular formula is C24H27N3O4. The summed E-state index contributed by atoms with van der Waals surface area (Å²) in [6, 6.07) is 8.08. The summed E-state index contributed by atoms with van der Waals surface area (Å²) in [6.07, 6.45) is 2.63. The molecule has 1 saturated carbocycles. The van der Waals surface area contributed by atoms with E-state index in [0.29, 0.717) is 17.3 Å². The molecule has 0 unspecified atom stereocenters. The number of nitrogens with zero attached hydrogens (tertiary/aromatic N) is 3. The van der Waals surface area contributed by atoms with Gasteiger partial charge in [-0.2, -0.15) is 10.1 Å². The van der Waals surface area contributed by atoms with Crippen LogP contribution in [-0.2, 0) is 14.3 Å². The minimum Gasteiger partial charge on any atom is -0.453 e. The van der Waals surface area contributed by atoms with Crippen LogP contribution in [0.3, 0.4) is 0 Å². The van der Waals surface area contributed by atoms with Crippen LogP contribution in [0, 0.1) is 27.7 Å². The van der Waals surface area contributed by atoms with Crippen molar-refractivity contribution in [1.82, 2.24) is 4.57 Å². The second kappa shape index (κ2) is 8.13. The number of aromatic nitrogens is 1. The van der Waals surface area contributed by atoms with E-state index in [2.05, 4.69) is 9.67 Å². The van der Waals surface area contributed by atoms with Gasteiger partial charge in [-0.05, 0) is 63.8 Å². The van der Waals surface area contributed by atoms with Crippen LogP contribution in [0.5, 0.6) is 0 Å². The second-order valence-corrected chi connectivity index (χ2v) is 8.43. The average Bonchev–Trinajstić information content (AvgIpc) is 3.52. The van der Waals surface area contributed by atoms with E-state index in [1.54, 1.807) is 0 Å². The number of ketones is 1. The number of ether oxygens (including phenoxy) is 1. The van der Waals surface area contributed by atoms with Crippen LogP contribution in [0.25, 0.3) is 0 Å². The Hall–Kier alpha value is -3.22. The molecule has 0 atom stereocenters. The van der Waals surface area contributed by atoms with E-state index in [1.165, 1.54) is 5.01 Å². The lowest BCUT2D eigenvalue weighted by atomic mass is 10.1. The molecule has 1 aromatic carbocycles. The minimum absolute atomic E-state index is 0.150. The highest BCUT2D eigenvalue weighted by Gasteiger charge is 2.30. The normalized spacial score (nSPS) is 16.3. The van der Waals surface area contributed by atoms with Gasteiger partial charge in [0.1, 0.15) is 5.71 Å². The number of benzene rings is 1. The largest absolute Gasteiger partial charge is 0.453 e. The van der Waals surface area contributed by atoms with Gasteiger partial charge < -0.3 is 9.30 Å². The Kier molecular flexibility index (Phi) is 5.52. The van der Waals surface area contributed by atoms with E-state index in [4.69, 9.17) is 4.74 Å². The molecule has 162 valence electrons. The fourth-order valence-electron chi connectivity index (χ4n) is 4.08. The van der Waals surface area contributed by atoms with Crippen molar-refractivity contribution in [2.24, 2.45) is 5.10 Å². The predicted molar refractivity (Wildman–Crippen MR) is 118 cm³/mol. The Balaban J connectivity index is 1.47. The Bertz CT molecular complexity index is 1110. The van der Waals surface area contributed by atoms with Crippen molar-refractivity contribution in [3.63, 3.8) is 0 Å². The van der Waals surface area contributed by atoms with E-state index in [0.717, 1.165) is 35.4 Å². The topological polar surface area (TPSA) is 81.0 Å². The molecule has 0 saturated heterocycles. The fourth-order valence-corrected chi connectivity index (χ4v) is 4.08. The van der Waals surface area contributed by atoms with Crippen molar-refractivity contribution in [3.8, 4) is 0 Å². The van der Waals surface area contributed by atoms with Crippen LogP contribution < -0.4 is 5.01 Å². The first-order valence-corrected chi connectivity index (χ1v) is 10.6. The third kappa shape index (κ3) is 4.17. The van der Waals surface area contributed by atoms with Gasteiger partial charge in [0.2, 0.25) is 11.7 Å². The van der Waals surface area contributed by atoms with Crippen LogP contribution >= 0.6 is 0 Å². The number of carbonyl (C=O) groups is 3. The third-order valence-corrected chi connectivity index (χ3v) is 5.89. The van der Waals surface area contributed by atoms with Crippen LogP contribution in [0.4, 0.5) is 5.69 Å². The smallest absolute Gasteiger partial charge is 0.354 e. The van der Waals surface area contributed by atoms with Crippen molar-refractivity contribution in [2.45, 2.75) is 59.4 Å². The Labute approximate surface area is 181 Å². The van der Waals surface area contributed by atoms with Crippen molar-refractivity contribution >= 4 is 29.1 Å². The number of amides is 1. The molecule has 2 aromatic rings. The molecule has 4 rings (SSSR count). The molecule has 2 heterocycles. The van der Waals surface area contributed by atoms with Gasteiger partial charge in [-0.1, -0.05) is 12.1 Å². The first-order chi connectivity index (χ1) is 14.8. The number of anilines is 1. The molecule has 1 aromatic heterocycles. The molecule has 2 aliphatic rings. The van der Waals surface area contributed by atoms with Gasteiger partial charge in [0.25, 0.3) is 0 Å². The van der Waals surface area contributed by atoms with Crippen molar-refractivity contribution in [1.29, 1.82) is 0 Å². The number of hydrazone groups is 1. The van der Waals surface area contributed by atoms with Crippen molar-refractivity contribution in [3.05, 3.63) is 52.3 Å². The van der Waals surface area contributed by atoms with Gasteiger partial charge in [0, 0.05) is 35.8 Å². The Morgan fingerprint density at radius 2 is 1.84 bits per heavy atom. The Morgan fingerprint density at radius 1 is 1.10 bits per heavy atom. The maximum absolute atomic E-state index is 12.7. The van der Waals surface area contributed by atoms with Gasteiger partial charge in [0.15, 0.2) is 6.61 Å². The summed E-state index contributed by atoms with van der Waals surface area (Å²) in [6.45, 7) is 7.40. The molecule has 0 spiro atoms. The summed E-state index contributed by atoms with van der Waals surface area (Å²) in [4.78, 5) is 37.7. The number of rotatable bonds is 6. The van der Waals surface area contributed by atoms with Gasteiger partial charge >= 0.3 is 5.97 Å². The molecule has 7 nitrogen and oxygen atoms in total. The molecule has 1 fully saturated rings. The maximum atomic E-state index is 12.7. The highest BCUT2D eigenvalue weighted by molar-refractivity contribution is 6.38.